The summed E-state index contributed by atoms with van der Waals surface area (Å²) < 4.78 is 141. The smallest absolute Gasteiger partial charge is 0.790 e. The van der Waals surface area contributed by atoms with E-state index in [1.807, 2.05) is 0 Å². The Hall–Kier alpha value is -2.24. The van der Waals surface area contributed by atoms with Crippen molar-refractivity contribution in [3.8, 4) is 23.0 Å². The van der Waals surface area contributed by atoms with Gasteiger partial charge in [0.25, 0.3) is 5.91 Å². The van der Waals surface area contributed by atoms with Gasteiger partial charge in [0, 0.05) is 17.8 Å². The number of fused-ring (bicyclic) bond motifs is 1. The van der Waals surface area contributed by atoms with Crippen molar-refractivity contribution in [2.45, 2.75) is 19.4 Å². The van der Waals surface area contributed by atoms with Crippen LogP contribution in [-0.4, -0.2) is 54.3 Å². The molecule has 3 heterocycles. The summed E-state index contributed by atoms with van der Waals surface area (Å²) in [5.74, 6) is -8.22. The van der Waals surface area contributed by atoms with Gasteiger partial charge in [-0.25, -0.2) is 14.4 Å². The fraction of sp³-hybridized carbons (Fsp3) is 0.304. The number of methoxy groups -OCH3 is 3. The second kappa shape index (κ2) is 14.5. The molecule has 0 unspecified atom stereocenters. The molecule has 2 N–H and O–H groups in total. The maximum absolute atomic E-state index is 15.1. The van der Waals surface area contributed by atoms with Gasteiger partial charge >= 0.3 is 59.1 Å². The average Bonchev–Trinajstić information content (AvgIpc) is 2.90. The van der Waals surface area contributed by atoms with Gasteiger partial charge in [-0.05, 0) is 26.0 Å². The number of rotatable bonds is 10. The van der Waals surface area contributed by atoms with E-state index >= 15 is 4.39 Å². The largest absolute Gasteiger partial charge is 1.00 e. The number of carbonyl (C=O) groups is 1. The number of benzene rings is 1. The van der Waals surface area contributed by atoms with Crippen molar-refractivity contribution in [1.29, 1.82) is 0 Å². The second-order valence-electron chi connectivity index (χ2n) is 8.08. The Morgan fingerprint density at radius 1 is 1.14 bits per heavy atom. The number of aromatic nitrogens is 3. The zero-order valence-electron chi connectivity index (χ0n) is 34.1. The summed E-state index contributed by atoms with van der Waals surface area (Å²) in [6, 6.07) is 3.86. The third-order valence-electron chi connectivity index (χ3n) is 4.91. The molecule has 19 heteroatoms. The molecule has 0 fully saturated rings. The Morgan fingerprint density at radius 2 is 1.81 bits per heavy atom. The van der Waals surface area contributed by atoms with Crippen LogP contribution in [0.4, 0.5) is 33.5 Å². The van der Waals surface area contributed by atoms with Crippen molar-refractivity contribution in [3.05, 3.63) is 36.3 Å². The number of hydrogen-bond acceptors (Lipinski definition) is 14. The van der Waals surface area contributed by atoms with Gasteiger partial charge in [0.2, 0.25) is 11.7 Å². The van der Waals surface area contributed by atoms with Crippen LogP contribution in [0.15, 0.2) is 30.4 Å². The maximum Gasteiger partial charge on any atom is 1.00 e. The van der Waals surface area contributed by atoms with Crippen LogP contribution >= 0.6 is 7.82 Å². The fourth-order valence-corrected chi connectivity index (χ4v) is 3.41. The van der Waals surface area contributed by atoms with Gasteiger partial charge in [-0.15, -0.1) is 0 Å². The zero-order chi connectivity index (χ0) is 39.4. The monoisotopic (exact) mass is 636 g/mol. The zero-order valence-corrected chi connectivity index (χ0v) is 27.0. The van der Waals surface area contributed by atoms with Crippen LogP contribution in [-0.2, 0) is 13.9 Å². The number of nitrogens with one attached hydrogen (secondary N) is 2. The van der Waals surface area contributed by atoms with Crippen LogP contribution in [0.1, 0.15) is 30.3 Å². The summed E-state index contributed by atoms with van der Waals surface area (Å²) in [6.07, 6.45) is -1.08. The van der Waals surface area contributed by atoms with Crippen molar-refractivity contribution in [1.82, 2.24) is 15.0 Å². The molecule has 214 valence electrons. The summed E-state index contributed by atoms with van der Waals surface area (Å²) in [4.78, 5) is 47.2. The SMILES string of the molecule is [2H]c1nc(Nc2cc(OC([2H])([2H])[2H])c(OC([2H])([2H])[2H])c(OC([2H])([2H])[2H])c2)nc(Nc2ccc3c(n2)N(C([2H])([2H])OP(=O)([O-])[O-])C(=O)C(C)(C)O3)c1F.[Na+].[Na+]. The molecular weight excluding hydrogens is 600 g/mol. The molecule has 2 aromatic heterocycles. The topological polar surface area (TPSA) is 192 Å². The summed E-state index contributed by atoms with van der Waals surface area (Å²) in [6.45, 7) is -1.23. The minimum Gasteiger partial charge on any atom is -0.790 e. The molecule has 3 aromatic rings. The van der Waals surface area contributed by atoms with Crippen LogP contribution in [0.5, 0.6) is 23.0 Å². The molecule has 1 amide bonds. The molecule has 1 aliphatic heterocycles. The van der Waals surface area contributed by atoms with Crippen LogP contribution in [0.2, 0.25) is 0 Å². The van der Waals surface area contributed by atoms with E-state index in [9.17, 15) is 19.1 Å². The summed E-state index contributed by atoms with van der Waals surface area (Å²) in [7, 11) is -15.8. The minimum absolute atomic E-state index is 0. The normalized spacial score (nSPS) is 19.0. The number of halogens is 1. The molecule has 42 heavy (non-hydrogen) atoms. The Bertz CT molecular complexity index is 1900. The number of phosphoric ester groups is 1. The predicted octanol–water partition coefficient (Wildman–Crippen LogP) is -4.16. The predicted molar refractivity (Wildman–Crippen MR) is 135 cm³/mol. The number of amides is 1. The van der Waals surface area contributed by atoms with E-state index in [1.165, 1.54) is 13.8 Å². The Kier molecular flexibility index (Phi) is 7.40. The quantitative estimate of drug-likeness (QED) is 0.161. The third kappa shape index (κ3) is 8.23. The number of ether oxygens (including phenoxy) is 4. The van der Waals surface area contributed by atoms with Gasteiger partial charge in [0.15, 0.2) is 40.3 Å². The van der Waals surface area contributed by atoms with Gasteiger partial charge in [0.05, 0.1) is 51.6 Å². The summed E-state index contributed by atoms with van der Waals surface area (Å²) in [5.41, 5.74) is -2.18. The fourth-order valence-electron chi connectivity index (χ4n) is 3.23. The molecule has 4 rings (SSSR count). The summed E-state index contributed by atoms with van der Waals surface area (Å²) in [5, 5.41) is 4.79. The van der Waals surface area contributed by atoms with E-state index in [4.69, 9.17) is 35.4 Å². The van der Waals surface area contributed by atoms with Gasteiger partial charge in [-0.3, -0.25) is 9.69 Å². The molecule has 1 aromatic carbocycles. The molecule has 1 aliphatic rings. The Balaban J connectivity index is 0.00000504. The third-order valence-corrected chi connectivity index (χ3v) is 5.21. The molecule has 0 spiro atoms. The first-order chi connectivity index (χ1) is 23.4. The molecule has 0 saturated carbocycles. The van der Waals surface area contributed by atoms with E-state index in [0.717, 1.165) is 24.3 Å². The molecule has 0 saturated heterocycles. The molecule has 15 nitrogen and oxygen atoms in total. The van der Waals surface area contributed by atoms with E-state index in [0.29, 0.717) is 0 Å². The van der Waals surface area contributed by atoms with E-state index in [1.54, 1.807) is 0 Å². The number of carbonyl (C=O) groups excluding carboxylic acids is 1. The van der Waals surface area contributed by atoms with Crippen molar-refractivity contribution >= 4 is 42.8 Å². The van der Waals surface area contributed by atoms with Gasteiger partial charge in [0.1, 0.15) is 12.5 Å². The van der Waals surface area contributed by atoms with Gasteiger partial charge in [-0.2, -0.15) is 4.98 Å². The molecular formula is C23H24FN6Na2O9P. The van der Waals surface area contributed by atoms with Crippen LogP contribution in [0.25, 0.3) is 0 Å². The summed E-state index contributed by atoms with van der Waals surface area (Å²) >= 11 is 0. The first kappa shape index (κ1) is 21.5. The molecule has 0 bridgehead atoms. The number of phosphoric acid groups is 1. The van der Waals surface area contributed by atoms with E-state index in [2.05, 4.69) is 30.1 Å². The van der Waals surface area contributed by atoms with Crippen molar-refractivity contribution in [2.75, 3.05) is 43.3 Å². The van der Waals surface area contributed by atoms with Gasteiger partial charge in [-0.1, -0.05) is 0 Å². The minimum atomic E-state index is -6.04. The van der Waals surface area contributed by atoms with E-state index < -0.39 is 99.8 Å². The van der Waals surface area contributed by atoms with Crippen LogP contribution < -0.4 is 103 Å². The van der Waals surface area contributed by atoms with Gasteiger partial charge < -0.3 is 48.5 Å². The standard InChI is InChI=1S/C23H26FN6O9P.2Na/c1-23(2)21(31)30(11-38-40(32,33)34)20-14(39-23)6-7-17(28-20)27-19-13(24)10-25-22(29-19)26-12-8-15(35-3)18(37-5)16(9-12)36-4;;/h6-10H,11H2,1-5H3,(H2,32,33,34)(H2,25,26,27,28,29);;/q;2*+1/p-2/i3D3,4D3,5D3,10D,11D2;;. The number of anilines is 5. The van der Waals surface area contributed by atoms with Crippen LogP contribution in [0.3, 0.4) is 0 Å². The molecule has 0 atom stereocenters. The Morgan fingerprint density at radius 3 is 2.43 bits per heavy atom. The number of pyridine rings is 1. The second-order valence-corrected chi connectivity index (χ2v) is 9.16. The average molecular weight is 637 g/mol. The number of hydrogen-bond donors (Lipinski definition) is 2. The van der Waals surface area contributed by atoms with Crippen molar-refractivity contribution < 1.29 is 123 Å². The first-order valence-corrected chi connectivity index (χ1v) is 12.0. The number of nitrogens with zero attached hydrogens (tertiary/aromatic N) is 4. The van der Waals surface area contributed by atoms with E-state index in [-0.39, 0.29) is 75.5 Å². The maximum atomic E-state index is 15.1. The molecule has 0 radical (unpaired) electrons. The Labute approximate surface area is 301 Å². The van der Waals surface area contributed by atoms with Crippen molar-refractivity contribution in [2.24, 2.45) is 0 Å². The first-order valence-electron chi connectivity index (χ1n) is 16.5. The molecule has 0 aliphatic carbocycles. The van der Waals surface area contributed by atoms with Crippen LogP contribution in [0, 0.1) is 5.82 Å². The van der Waals surface area contributed by atoms with Crippen molar-refractivity contribution in [3.63, 3.8) is 0 Å².